The number of hydrogen-bond donors (Lipinski definition) is 0. The molecule has 0 saturated heterocycles. The fraction of sp³-hybridized carbons (Fsp3) is 0.125. The lowest BCUT2D eigenvalue weighted by Gasteiger charge is -2.06. The zero-order valence-corrected chi connectivity index (χ0v) is 12.3. The van der Waals surface area contributed by atoms with Gasteiger partial charge < -0.3 is 9.15 Å². The summed E-state index contributed by atoms with van der Waals surface area (Å²) in [6.45, 7) is 3.59. The molecule has 3 rings (SSSR count). The van der Waals surface area contributed by atoms with Gasteiger partial charge >= 0.3 is 11.6 Å². The lowest BCUT2D eigenvalue weighted by atomic mass is 10.1. The minimum absolute atomic E-state index is 0.354. The molecule has 5 heteroatoms. The number of thiophene rings is 1. The Morgan fingerprint density at radius 3 is 2.71 bits per heavy atom. The molecule has 3 aromatic rings. The van der Waals surface area contributed by atoms with Crippen molar-refractivity contribution in [1.29, 1.82) is 0 Å². The first kappa shape index (κ1) is 13.6. The van der Waals surface area contributed by atoms with E-state index in [4.69, 9.17) is 9.15 Å². The summed E-state index contributed by atoms with van der Waals surface area (Å²) in [5.74, 6) is -0.0668. The Balaban J connectivity index is 2.00. The first-order valence-corrected chi connectivity index (χ1v) is 7.24. The molecule has 0 amide bonds. The highest BCUT2D eigenvalue weighted by molar-refractivity contribution is 7.12. The van der Waals surface area contributed by atoms with Crippen LogP contribution in [0.3, 0.4) is 0 Å². The molecule has 0 aliphatic carbocycles. The predicted molar refractivity (Wildman–Crippen MR) is 81.2 cm³/mol. The van der Waals surface area contributed by atoms with E-state index in [-0.39, 0.29) is 5.63 Å². The minimum Gasteiger partial charge on any atom is -0.422 e. The number of ether oxygens (including phenoxy) is 1. The fourth-order valence-corrected chi connectivity index (χ4v) is 2.64. The summed E-state index contributed by atoms with van der Waals surface area (Å²) in [5, 5.41) is 2.64. The van der Waals surface area contributed by atoms with Crippen molar-refractivity contribution < 1.29 is 13.9 Å². The van der Waals surface area contributed by atoms with Gasteiger partial charge in [0.05, 0.1) is 0 Å². The van der Waals surface area contributed by atoms with Crippen molar-refractivity contribution in [3.05, 3.63) is 62.1 Å². The van der Waals surface area contributed by atoms with Gasteiger partial charge in [0.2, 0.25) is 0 Å². The van der Waals surface area contributed by atoms with Crippen LogP contribution in [0.1, 0.15) is 20.8 Å². The normalized spacial score (nSPS) is 10.8. The largest absolute Gasteiger partial charge is 0.422 e. The molecule has 0 aliphatic rings. The predicted octanol–water partition coefficient (Wildman–Crippen LogP) is 3.69. The van der Waals surface area contributed by atoms with Gasteiger partial charge in [-0.15, -0.1) is 11.3 Å². The smallest absolute Gasteiger partial charge is 0.353 e. The first-order chi connectivity index (χ1) is 10.1. The second kappa shape index (κ2) is 5.18. The van der Waals surface area contributed by atoms with Crippen molar-refractivity contribution in [2.75, 3.05) is 0 Å². The summed E-state index contributed by atoms with van der Waals surface area (Å²) in [5.41, 5.74) is 1.50. The summed E-state index contributed by atoms with van der Waals surface area (Å²) < 4.78 is 10.5. The highest BCUT2D eigenvalue weighted by atomic mass is 32.1. The summed E-state index contributed by atoms with van der Waals surface area (Å²) in [6.07, 6.45) is 0. The standard InChI is InChI=1S/C16H12O4S/c1-9-10(2)15(17)20-13-8-11(5-6-12(9)13)19-16(18)14-4-3-7-21-14/h3-8H,1-2H3. The zero-order chi connectivity index (χ0) is 15.0. The second-order valence-electron chi connectivity index (χ2n) is 4.66. The van der Waals surface area contributed by atoms with Crippen LogP contribution < -0.4 is 10.4 Å². The van der Waals surface area contributed by atoms with E-state index in [1.54, 1.807) is 37.3 Å². The van der Waals surface area contributed by atoms with Gasteiger partial charge in [0.25, 0.3) is 0 Å². The molecule has 0 aliphatic heterocycles. The molecule has 0 atom stereocenters. The maximum absolute atomic E-state index is 11.9. The topological polar surface area (TPSA) is 56.5 Å². The van der Waals surface area contributed by atoms with Gasteiger partial charge in [-0.3, -0.25) is 0 Å². The Morgan fingerprint density at radius 2 is 2.00 bits per heavy atom. The van der Waals surface area contributed by atoms with Crippen molar-refractivity contribution in [2.24, 2.45) is 0 Å². The Bertz CT molecular complexity index is 875. The van der Waals surface area contributed by atoms with Crippen LogP contribution in [0.15, 0.2) is 44.9 Å². The van der Waals surface area contributed by atoms with E-state index in [1.807, 2.05) is 12.3 Å². The van der Waals surface area contributed by atoms with Crippen molar-refractivity contribution in [2.45, 2.75) is 13.8 Å². The Kier molecular flexibility index (Phi) is 3.35. The number of hydrogen-bond acceptors (Lipinski definition) is 5. The number of carbonyl (C=O) groups is 1. The van der Waals surface area contributed by atoms with Crippen molar-refractivity contribution in [3.8, 4) is 5.75 Å². The molecule has 106 valence electrons. The van der Waals surface area contributed by atoms with E-state index in [9.17, 15) is 9.59 Å². The molecule has 0 radical (unpaired) electrons. The van der Waals surface area contributed by atoms with Crippen LogP contribution in [0.5, 0.6) is 5.75 Å². The molecule has 1 aromatic carbocycles. The first-order valence-electron chi connectivity index (χ1n) is 6.36. The summed E-state index contributed by atoms with van der Waals surface area (Å²) in [6, 6.07) is 8.53. The average Bonchev–Trinajstić information content (AvgIpc) is 2.99. The van der Waals surface area contributed by atoms with Crippen LogP contribution >= 0.6 is 11.3 Å². The van der Waals surface area contributed by atoms with Gasteiger partial charge in [-0.25, -0.2) is 9.59 Å². The van der Waals surface area contributed by atoms with Crippen LogP contribution in [0.2, 0.25) is 0 Å². The average molecular weight is 300 g/mol. The lowest BCUT2D eigenvalue weighted by Crippen LogP contribution is -2.07. The third-order valence-corrected chi connectivity index (χ3v) is 4.21. The maximum atomic E-state index is 11.9. The van der Waals surface area contributed by atoms with Crippen LogP contribution in [0, 0.1) is 13.8 Å². The van der Waals surface area contributed by atoms with Gasteiger partial charge in [0, 0.05) is 17.0 Å². The van der Waals surface area contributed by atoms with E-state index in [1.165, 1.54) is 11.3 Å². The highest BCUT2D eigenvalue weighted by Gasteiger charge is 2.12. The molecule has 0 bridgehead atoms. The van der Waals surface area contributed by atoms with Gasteiger partial charge in [0.15, 0.2) is 0 Å². The van der Waals surface area contributed by atoms with Gasteiger partial charge in [-0.05, 0) is 43.0 Å². The summed E-state index contributed by atoms with van der Waals surface area (Å²) in [7, 11) is 0. The van der Waals surface area contributed by atoms with Crippen LogP contribution in [0.4, 0.5) is 0 Å². The Labute approximate surface area is 124 Å². The number of rotatable bonds is 2. The van der Waals surface area contributed by atoms with E-state index < -0.39 is 5.97 Å². The van der Waals surface area contributed by atoms with E-state index in [0.717, 1.165) is 10.9 Å². The minimum atomic E-state index is -0.421. The second-order valence-corrected chi connectivity index (χ2v) is 5.61. The van der Waals surface area contributed by atoms with Crippen LogP contribution in [0.25, 0.3) is 11.0 Å². The lowest BCUT2D eigenvalue weighted by molar-refractivity contribution is 0.0740. The third kappa shape index (κ3) is 2.48. The van der Waals surface area contributed by atoms with E-state index in [0.29, 0.717) is 21.8 Å². The molecule has 0 fully saturated rings. The van der Waals surface area contributed by atoms with Gasteiger partial charge in [-0.2, -0.15) is 0 Å². The number of esters is 1. The van der Waals surface area contributed by atoms with Gasteiger partial charge in [-0.1, -0.05) is 6.07 Å². The molecule has 0 unspecified atom stereocenters. The molecular weight excluding hydrogens is 288 g/mol. The van der Waals surface area contributed by atoms with Crippen molar-refractivity contribution in [1.82, 2.24) is 0 Å². The monoisotopic (exact) mass is 300 g/mol. The van der Waals surface area contributed by atoms with Crippen LogP contribution in [-0.2, 0) is 0 Å². The quantitative estimate of drug-likeness (QED) is 0.411. The summed E-state index contributed by atoms with van der Waals surface area (Å²) in [4.78, 5) is 24.1. The molecule has 0 N–H and O–H groups in total. The molecule has 0 spiro atoms. The molecule has 2 aromatic heterocycles. The molecular formula is C16H12O4S. The number of aryl methyl sites for hydroxylation is 1. The van der Waals surface area contributed by atoms with Crippen LogP contribution in [-0.4, -0.2) is 5.97 Å². The zero-order valence-electron chi connectivity index (χ0n) is 11.5. The Morgan fingerprint density at radius 1 is 1.19 bits per heavy atom. The van der Waals surface area contributed by atoms with E-state index >= 15 is 0 Å². The summed E-state index contributed by atoms with van der Waals surface area (Å²) >= 11 is 1.31. The number of carbonyl (C=O) groups excluding carboxylic acids is 1. The van der Waals surface area contributed by atoms with Crippen molar-refractivity contribution >= 4 is 28.3 Å². The molecule has 0 saturated carbocycles. The maximum Gasteiger partial charge on any atom is 0.353 e. The SMILES string of the molecule is Cc1c(C)c2ccc(OC(=O)c3cccs3)cc2oc1=O. The highest BCUT2D eigenvalue weighted by Crippen LogP contribution is 2.24. The molecule has 21 heavy (non-hydrogen) atoms. The third-order valence-electron chi connectivity index (χ3n) is 3.36. The fourth-order valence-electron chi connectivity index (χ4n) is 2.04. The Hall–Kier alpha value is -2.40. The van der Waals surface area contributed by atoms with Gasteiger partial charge in [0.1, 0.15) is 16.2 Å². The number of benzene rings is 1. The molecule has 4 nitrogen and oxygen atoms in total. The van der Waals surface area contributed by atoms with Crippen molar-refractivity contribution in [3.63, 3.8) is 0 Å². The molecule has 2 heterocycles. The van der Waals surface area contributed by atoms with E-state index in [2.05, 4.69) is 0 Å². The number of fused-ring (bicyclic) bond motifs is 1.